The first-order valence-corrected chi connectivity index (χ1v) is 11.6. The highest BCUT2D eigenvalue weighted by Gasteiger charge is 2.14. The van der Waals surface area contributed by atoms with Gasteiger partial charge in [0.25, 0.3) is 5.56 Å². The van der Waals surface area contributed by atoms with Crippen molar-refractivity contribution in [2.75, 3.05) is 0 Å². The first-order chi connectivity index (χ1) is 16.5. The summed E-state index contributed by atoms with van der Waals surface area (Å²) in [7, 11) is 0. The predicted octanol–water partition coefficient (Wildman–Crippen LogP) is 7.78. The number of halogens is 1. The smallest absolute Gasteiger partial charge is 0.259 e. The highest BCUT2D eigenvalue weighted by atomic mass is 35.5. The van der Waals surface area contributed by atoms with Gasteiger partial charge in [-0.25, -0.2) is 0 Å². The Labute approximate surface area is 203 Å². The summed E-state index contributed by atoms with van der Waals surface area (Å²) in [6.07, 6.45) is 0. The number of ether oxygens (including phenoxy) is 1. The highest BCUT2D eigenvalue weighted by Crippen LogP contribution is 2.28. The molecule has 4 aromatic carbocycles. The van der Waals surface area contributed by atoms with Gasteiger partial charge in [0.15, 0.2) is 0 Å². The van der Waals surface area contributed by atoms with Crippen LogP contribution in [0.15, 0.2) is 102 Å². The Morgan fingerprint density at radius 3 is 2.26 bits per heavy atom. The maximum Gasteiger partial charge on any atom is 0.259 e. The minimum Gasteiger partial charge on any atom is -0.457 e. The molecular formula is C30H24ClNO2. The molecule has 5 aromatic rings. The monoisotopic (exact) mass is 465 g/mol. The van der Waals surface area contributed by atoms with E-state index in [9.17, 15) is 4.79 Å². The lowest BCUT2D eigenvalue weighted by Gasteiger charge is -2.17. The standard InChI is InChI=1S/C30H24ClNO2/c1-20-8-9-24(21(2)16-20)19-32-29(17-23-10-13-25(31)18-28(23)30(32)33)22-11-14-27(15-12-22)34-26-6-4-3-5-7-26/h3-18H,19H2,1-2H3. The molecule has 0 unspecified atom stereocenters. The summed E-state index contributed by atoms with van der Waals surface area (Å²) < 4.78 is 7.78. The molecule has 0 fully saturated rings. The summed E-state index contributed by atoms with van der Waals surface area (Å²) >= 11 is 6.22. The molecule has 0 N–H and O–H groups in total. The first-order valence-electron chi connectivity index (χ1n) is 11.2. The number of pyridine rings is 1. The van der Waals surface area contributed by atoms with Crippen LogP contribution in [0.3, 0.4) is 0 Å². The summed E-state index contributed by atoms with van der Waals surface area (Å²) in [5.74, 6) is 1.52. The Kier molecular flexibility index (Phi) is 5.95. The van der Waals surface area contributed by atoms with Gasteiger partial charge >= 0.3 is 0 Å². The van der Waals surface area contributed by atoms with Crippen molar-refractivity contribution in [3.8, 4) is 22.8 Å². The van der Waals surface area contributed by atoms with Crippen LogP contribution in [-0.2, 0) is 6.54 Å². The number of para-hydroxylation sites is 1. The number of nitrogens with zero attached hydrogens (tertiary/aromatic N) is 1. The molecular weight excluding hydrogens is 442 g/mol. The van der Waals surface area contributed by atoms with Crippen LogP contribution in [0.25, 0.3) is 22.0 Å². The van der Waals surface area contributed by atoms with Crippen molar-refractivity contribution in [2.45, 2.75) is 20.4 Å². The van der Waals surface area contributed by atoms with E-state index in [1.165, 1.54) is 5.56 Å². The van der Waals surface area contributed by atoms with E-state index in [-0.39, 0.29) is 5.56 Å². The molecule has 0 radical (unpaired) electrons. The van der Waals surface area contributed by atoms with Gasteiger partial charge < -0.3 is 9.30 Å². The lowest BCUT2D eigenvalue weighted by molar-refractivity contribution is 0.483. The van der Waals surface area contributed by atoms with E-state index in [2.05, 4.69) is 38.1 Å². The van der Waals surface area contributed by atoms with Crippen LogP contribution in [0.5, 0.6) is 11.5 Å². The predicted molar refractivity (Wildman–Crippen MR) is 140 cm³/mol. The van der Waals surface area contributed by atoms with E-state index in [0.29, 0.717) is 17.0 Å². The summed E-state index contributed by atoms with van der Waals surface area (Å²) in [6, 6.07) is 31.4. The minimum atomic E-state index is -0.0559. The van der Waals surface area contributed by atoms with Gasteiger partial charge in [0.05, 0.1) is 12.2 Å². The fraction of sp³-hybridized carbons (Fsp3) is 0.100. The quantitative estimate of drug-likeness (QED) is 0.265. The first kappa shape index (κ1) is 22.0. The van der Waals surface area contributed by atoms with Crippen molar-refractivity contribution in [1.29, 1.82) is 0 Å². The number of aromatic nitrogens is 1. The number of rotatable bonds is 5. The van der Waals surface area contributed by atoms with Crippen LogP contribution in [0.1, 0.15) is 16.7 Å². The van der Waals surface area contributed by atoms with Crippen LogP contribution in [-0.4, -0.2) is 4.57 Å². The molecule has 1 aromatic heterocycles. The molecule has 3 nitrogen and oxygen atoms in total. The van der Waals surface area contributed by atoms with Gasteiger partial charge in [0, 0.05) is 10.4 Å². The lowest BCUT2D eigenvalue weighted by atomic mass is 10.0. The van der Waals surface area contributed by atoms with E-state index in [4.69, 9.17) is 16.3 Å². The number of hydrogen-bond donors (Lipinski definition) is 0. The number of benzene rings is 4. The van der Waals surface area contributed by atoms with Crippen molar-refractivity contribution in [3.05, 3.63) is 129 Å². The van der Waals surface area contributed by atoms with Gasteiger partial charge in [0.2, 0.25) is 0 Å². The number of hydrogen-bond acceptors (Lipinski definition) is 2. The molecule has 0 spiro atoms. The fourth-order valence-electron chi connectivity index (χ4n) is 4.23. The normalized spacial score (nSPS) is 11.0. The largest absolute Gasteiger partial charge is 0.457 e. The molecule has 0 amide bonds. The number of aryl methyl sites for hydroxylation is 2. The Hall–Kier alpha value is -3.82. The SMILES string of the molecule is Cc1ccc(Cn2c(-c3ccc(Oc4ccccc4)cc3)cc3ccc(Cl)cc3c2=O)c(C)c1. The second-order valence-electron chi connectivity index (χ2n) is 8.52. The molecule has 34 heavy (non-hydrogen) atoms. The van der Waals surface area contributed by atoms with Crippen molar-refractivity contribution >= 4 is 22.4 Å². The van der Waals surface area contributed by atoms with Gasteiger partial charge in [-0.05, 0) is 90.5 Å². The molecule has 0 atom stereocenters. The Morgan fingerprint density at radius 1 is 0.794 bits per heavy atom. The third-order valence-corrected chi connectivity index (χ3v) is 6.26. The van der Waals surface area contributed by atoms with Crippen molar-refractivity contribution < 1.29 is 4.74 Å². The second-order valence-corrected chi connectivity index (χ2v) is 8.96. The van der Waals surface area contributed by atoms with E-state index in [1.807, 2.05) is 71.3 Å². The Balaban J connectivity index is 1.61. The van der Waals surface area contributed by atoms with Crippen molar-refractivity contribution in [1.82, 2.24) is 4.57 Å². The van der Waals surface area contributed by atoms with E-state index < -0.39 is 0 Å². The van der Waals surface area contributed by atoms with E-state index >= 15 is 0 Å². The Bertz CT molecular complexity index is 1540. The summed E-state index contributed by atoms with van der Waals surface area (Å²) in [5.41, 5.74) is 5.22. The van der Waals surface area contributed by atoms with Gasteiger partial charge in [-0.3, -0.25) is 4.79 Å². The summed E-state index contributed by atoms with van der Waals surface area (Å²) in [4.78, 5) is 13.6. The van der Waals surface area contributed by atoms with Crippen LogP contribution in [0.2, 0.25) is 5.02 Å². The zero-order valence-corrected chi connectivity index (χ0v) is 19.8. The van der Waals surface area contributed by atoms with Crippen LogP contribution < -0.4 is 10.3 Å². The highest BCUT2D eigenvalue weighted by molar-refractivity contribution is 6.31. The maximum absolute atomic E-state index is 13.6. The average molecular weight is 466 g/mol. The topological polar surface area (TPSA) is 31.2 Å². The zero-order chi connectivity index (χ0) is 23.7. The molecule has 0 aliphatic heterocycles. The molecule has 4 heteroatoms. The average Bonchev–Trinajstić information content (AvgIpc) is 2.84. The van der Waals surface area contributed by atoms with E-state index in [0.717, 1.165) is 39.3 Å². The van der Waals surface area contributed by atoms with Crippen molar-refractivity contribution in [2.24, 2.45) is 0 Å². The Morgan fingerprint density at radius 2 is 1.53 bits per heavy atom. The van der Waals surface area contributed by atoms with Crippen LogP contribution in [0.4, 0.5) is 0 Å². The maximum atomic E-state index is 13.6. The third kappa shape index (κ3) is 4.48. The molecule has 0 saturated carbocycles. The molecule has 0 bridgehead atoms. The molecule has 0 saturated heterocycles. The third-order valence-electron chi connectivity index (χ3n) is 6.03. The number of fused-ring (bicyclic) bond motifs is 1. The lowest BCUT2D eigenvalue weighted by Crippen LogP contribution is -2.23. The van der Waals surface area contributed by atoms with Crippen LogP contribution in [0, 0.1) is 13.8 Å². The van der Waals surface area contributed by atoms with Gasteiger partial charge in [-0.1, -0.05) is 59.6 Å². The fourth-order valence-corrected chi connectivity index (χ4v) is 4.40. The molecule has 0 aliphatic carbocycles. The van der Waals surface area contributed by atoms with Gasteiger partial charge in [-0.2, -0.15) is 0 Å². The second kappa shape index (κ2) is 9.20. The molecule has 0 aliphatic rings. The summed E-state index contributed by atoms with van der Waals surface area (Å²) in [6.45, 7) is 4.64. The summed E-state index contributed by atoms with van der Waals surface area (Å²) in [5, 5.41) is 2.04. The van der Waals surface area contributed by atoms with Gasteiger partial charge in [-0.15, -0.1) is 0 Å². The van der Waals surface area contributed by atoms with Crippen LogP contribution >= 0.6 is 11.6 Å². The van der Waals surface area contributed by atoms with E-state index in [1.54, 1.807) is 6.07 Å². The van der Waals surface area contributed by atoms with Gasteiger partial charge in [0.1, 0.15) is 11.5 Å². The van der Waals surface area contributed by atoms with Crippen molar-refractivity contribution in [3.63, 3.8) is 0 Å². The molecule has 168 valence electrons. The molecule has 1 heterocycles. The zero-order valence-electron chi connectivity index (χ0n) is 19.1. The molecule has 5 rings (SSSR count). The minimum absolute atomic E-state index is 0.0559.